The fraction of sp³-hybridized carbons (Fsp3) is 0.200. The molecule has 0 bridgehead atoms. The molecule has 2 heteroatoms. The number of rotatable bonds is 2. The molecular formula is C15H17NO. The van der Waals surface area contributed by atoms with Crippen molar-refractivity contribution < 1.29 is 4.74 Å². The van der Waals surface area contributed by atoms with Gasteiger partial charge in [-0.05, 0) is 56.2 Å². The lowest BCUT2D eigenvalue weighted by atomic mass is 10.1. The van der Waals surface area contributed by atoms with Gasteiger partial charge in [0.1, 0.15) is 11.5 Å². The van der Waals surface area contributed by atoms with Gasteiger partial charge in [-0.1, -0.05) is 17.7 Å². The number of nitrogen functional groups attached to an aromatic ring is 1. The first-order valence-electron chi connectivity index (χ1n) is 5.67. The number of hydrogen-bond donors (Lipinski definition) is 1. The molecule has 0 aliphatic carbocycles. The smallest absolute Gasteiger partial charge is 0.130 e. The molecule has 0 aromatic heterocycles. The van der Waals surface area contributed by atoms with Gasteiger partial charge in [-0.25, -0.2) is 0 Å². The molecule has 0 atom stereocenters. The molecule has 0 saturated carbocycles. The summed E-state index contributed by atoms with van der Waals surface area (Å²) in [6.07, 6.45) is 0. The minimum absolute atomic E-state index is 0.790. The van der Waals surface area contributed by atoms with Gasteiger partial charge in [0.25, 0.3) is 0 Å². The number of aryl methyl sites for hydroxylation is 3. The highest BCUT2D eigenvalue weighted by atomic mass is 16.5. The molecule has 17 heavy (non-hydrogen) atoms. The van der Waals surface area contributed by atoms with Crippen LogP contribution in [-0.2, 0) is 0 Å². The van der Waals surface area contributed by atoms with Crippen molar-refractivity contribution in [3.63, 3.8) is 0 Å². The molecule has 0 aliphatic heterocycles. The largest absolute Gasteiger partial charge is 0.457 e. The number of hydrogen-bond acceptors (Lipinski definition) is 2. The van der Waals surface area contributed by atoms with E-state index in [-0.39, 0.29) is 0 Å². The summed E-state index contributed by atoms with van der Waals surface area (Å²) in [5.41, 5.74) is 9.98. The molecule has 88 valence electrons. The highest BCUT2D eigenvalue weighted by Crippen LogP contribution is 2.27. The topological polar surface area (TPSA) is 35.2 Å². The fourth-order valence-corrected chi connectivity index (χ4v) is 1.75. The van der Waals surface area contributed by atoms with E-state index in [9.17, 15) is 0 Å². The average Bonchev–Trinajstić information content (AvgIpc) is 2.27. The third kappa shape index (κ3) is 2.59. The fourth-order valence-electron chi connectivity index (χ4n) is 1.75. The monoisotopic (exact) mass is 227 g/mol. The predicted molar refractivity (Wildman–Crippen MR) is 71.6 cm³/mol. The van der Waals surface area contributed by atoms with E-state index in [2.05, 4.69) is 13.0 Å². The Balaban J connectivity index is 2.28. The molecule has 0 unspecified atom stereocenters. The van der Waals surface area contributed by atoms with Gasteiger partial charge in [-0.2, -0.15) is 0 Å². The number of benzene rings is 2. The lowest BCUT2D eigenvalue weighted by Crippen LogP contribution is -1.92. The molecule has 0 saturated heterocycles. The van der Waals surface area contributed by atoms with Gasteiger partial charge in [0.15, 0.2) is 0 Å². The van der Waals surface area contributed by atoms with Crippen molar-refractivity contribution in [2.45, 2.75) is 20.8 Å². The van der Waals surface area contributed by atoms with E-state index in [4.69, 9.17) is 10.5 Å². The third-order valence-electron chi connectivity index (χ3n) is 2.80. The van der Waals surface area contributed by atoms with Crippen molar-refractivity contribution >= 4 is 5.69 Å². The van der Waals surface area contributed by atoms with Crippen LogP contribution in [0.2, 0.25) is 0 Å². The lowest BCUT2D eigenvalue weighted by Gasteiger charge is -2.10. The van der Waals surface area contributed by atoms with E-state index in [1.54, 1.807) is 0 Å². The van der Waals surface area contributed by atoms with E-state index < -0.39 is 0 Å². The Kier molecular flexibility index (Phi) is 3.05. The maximum atomic E-state index is 5.84. The third-order valence-corrected chi connectivity index (χ3v) is 2.80. The first-order valence-corrected chi connectivity index (χ1v) is 5.67. The standard InChI is InChI=1S/C15H17NO/c1-10-4-7-15(12(3)8-10)17-13-5-6-14(16)11(2)9-13/h4-9H,16H2,1-3H3. The van der Waals surface area contributed by atoms with Crippen LogP contribution in [0.15, 0.2) is 36.4 Å². The van der Waals surface area contributed by atoms with Crippen molar-refractivity contribution in [3.05, 3.63) is 53.1 Å². The van der Waals surface area contributed by atoms with Gasteiger partial charge in [0.05, 0.1) is 0 Å². The normalized spacial score (nSPS) is 10.3. The van der Waals surface area contributed by atoms with E-state index >= 15 is 0 Å². The lowest BCUT2D eigenvalue weighted by molar-refractivity contribution is 0.478. The first-order chi connectivity index (χ1) is 8.06. The minimum atomic E-state index is 0.790. The average molecular weight is 227 g/mol. The van der Waals surface area contributed by atoms with Crippen LogP contribution in [0.4, 0.5) is 5.69 Å². The second-order valence-electron chi connectivity index (χ2n) is 4.39. The SMILES string of the molecule is Cc1ccc(Oc2ccc(N)c(C)c2)c(C)c1. The molecule has 2 nitrogen and oxygen atoms in total. The Morgan fingerprint density at radius 2 is 1.65 bits per heavy atom. The molecule has 2 N–H and O–H groups in total. The molecule has 2 rings (SSSR count). The van der Waals surface area contributed by atoms with Gasteiger partial charge in [-0.15, -0.1) is 0 Å². The Labute approximate surface area is 102 Å². The van der Waals surface area contributed by atoms with Gasteiger partial charge in [-0.3, -0.25) is 0 Å². The van der Waals surface area contributed by atoms with Crippen LogP contribution in [0.1, 0.15) is 16.7 Å². The van der Waals surface area contributed by atoms with Crippen molar-refractivity contribution in [1.82, 2.24) is 0 Å². The van der Waals surface area contributed by atoms with Crippen LogP contribution >= 0.6 is 0 Å². The van der Waals surface area contributed by atoms with Gasteiger partial charge in [0, 0.05) is 5.69 Å². The zero-order valence-electron chi connectivity index (χ0n) is 10.4. The zero-order chi connectivity index (χ0) is 12.4. The highest BCUT2D eigenvalue weighted by molar-refractivity contribution is 5.50. The summed E-state index contributed by atoms with van der Waals surface area (Å²) in [7, 11) is 0. The molecule has 0 radical (unpaired) electrons. The summed E-state index contributed by atoms with van der Waals surface area (Å²) in [6.45, 7) is 6.10. The molecule has 2 aromatic carbocycles. The molecule has 0 spiro atoms. The summed E-state index contributed by atoms with van der Waals surface area (Å²) < 4.78 is 5.84. The zero-order valence-corrected chi connectivity index (χ0v) is 10.4. The van der Waals surface area contributed by atoms with Gasteiger partial charge >= 0.3 is 0 Å². The van der Waals surface area contributed by atoms with E-state index in [0.29, 0.717) is 0 Å². The van der Waals surface area contributed by atoms with Crippen LogP contribution < -0.4 is 10.5 Å². The van der Waals surface area contributed by atoms with Crippen molar-refractivity contribution in [1.29, 1.82) is 0 Å². The highest BCUT2D eigenvalue weighted by Gasteiger charge is 2.03. The Morgan fingerprint density at radius 1 is 0.882 bits per heavy atom. The van der Waals surface area contributed by atoms with Crippen molar-refractivity contribution in [2.75, 3.05) is 5.73 Å². The van der Waals surface area contributed by atoms with Crippen LogP contribution in [0.5, 0.6) is 11.5 Å². The Hall–Kier alpha value is -1.96. The Morgan fingerprint density at radius 3 is 2.29 bits per heavy atom. The van der Waals surface area contributed by atoms with Crippen LogP contribution in [-0.4, -0.2) is 0 Å². The van der Waals surface area contributed by atoms with Gasteiger partial charge in [0.2, 0.25) is 0 Å². The molecule has 0 fully saturated rings. The molecule has 0 amide bonds. The van der Waals surface area contributed by atoms with E-state index in [1.165, 1.54) is 5.56 Å². The second kappa shape index (κ2) is 4.50. The van der Waals surface area contributed by atoms with Crippen molar-refractivity contribution in [2.24, 2.45) is 0 Å². The summed E-state index contributed by atoms with van der Waals surface area (Å²) in [6, 6.07) is 11.9. The first kappa shape index (κ1) is 11.5. The maximum absolute atomic E-state index is 5.84. The summed E-state index contributed by atoms with van der Waals surface area (Å²) in [5, 5.41) is 0. The molecular weight excluding hydrogens is 210 g/mol. The van der Waals surface area contributed by atoms with Crippen LogP contribution in [0.3, 0.4) is 0 Å². The summed E-state index contributed by atoms with van der Waals surface area (Å²) in [4.78, 5) is 0. The number of anilines is 1. The van der Waals surface area contributed by atoms with E-state index in [1.807, 2.05) is 44.2 Å². The van der Waals surface area contributed by atoms with Crippen molar-refractivity contribution in [3.8, 4) is 11.5 Å². The molecule has 2 aromatic rings. The minimum Gasteiger partial charge on any atom is -0.457 e. The molecule has 0 aliphatic rings. The quantitative estimate of drug-likeness (QED) is 0.787. The Bertz CT molecular complexity index is 547. The number of nitrogens with two attached hydrogens (primary N) is 1. The summed E-state index contributed by atoms with van der Waals surface area (Å²) >= 11 is 0. The van der Waals surface area contributed by atoms with Gasteiger partial charge < -0.3 is 10.5 Å². The predicted octanol–water partition coefficient (Wildman–Crippen LogP) is 3.99. The van der Waals surface area contributed by atoms with Crippen LogP contribution in [0.25, 0.3) is 0 Å². The second-order valence-corrected chi connectivity index (χ2v) is 4.39. The van der Waals surface area contributed by atoms with Crippen LogP contribution in [0, 0.1) is 20.8 Å². The maximum Gasteiger partial charge on any atom is 0.130 e. The molecule has 0 heterocycles. The summed E-state index contributed by atoms with van der Waals surface area (Å²) in [5.74, 6) is 1.71. The number of ether oxygens (including phenoxy) is 1. The van der Waals surface area contributed by atoms with E-state index in [0.717, 1.165) is 28.3 Å².